The topological polar surface area (TPSA) is 79.8 Å². The Morgan fingerprint density at radius 2 is 2.13 bits per heavy atom. The number of benzene rings is 1. The van der Waals surface area contributed by atoms with Crippen LogP contribution in [-0.4, -0.2) is 64.5 Å². The minimum absolute atomic E-state index is 0.0278. The average Bonchev–Trinajstić information content (AvgIpc) is 3.34. The fourth-order valence-electron chi connectivity index (χ4n) is 3.99. The van der Waals surface area contributed by atoms with Gasteiger partial charge in [0.2, 0.25) is 5.91 Å². The molecule has 0 radical (unpaired) electrons. The molecule has 1 unspecified atom stereocenters. The van der Waals surface area contributed by atoms with Gasteiger partial charge in [-0.05, 0) is 55.5 Å². The smallest absolute Gasteiger partial charge is 0.236 e. The van der Waals surface area contributed by atoms with Gasteiger partial charge in [0.15, 0.2) is 0 Å². The molecule has 2 N–H and O–H groups in total. The Hall–Kier alpha value is -2.77. The number of carbonyl (C=O) groups excluding carboxylic acids is 1. The number of allylic oxidation sites excluding steroid dienone is 2. The van der Waals surface area contributed by atoms with Gasteiger partial charge in [0.25, 0.3) is 0 Å². The molecule has 1 aliphatic heterocycles. The van der Waals surface area contributed by atoms with Crippen LogP contribution in [0.5, 0.6) is 0 Å². The van der Waals surface area contributed by atoms with Crippen molar-refractivity contribution in [1.29, 1.82) is 0 Å². The number of hydrogen-bond donors (Lipinski definition) is 1. The number of rotatable bonds is 8. The number of carbonyl (C=O) groups is 1. The molecule has 1 fully saturated rings. The Labute approximate surface area is 185 Å². The first-order valence-electron chi connectivity index (χ1n) is 11.0. The van der Waals surface area contributed by atoms with E-state index >= 15 is 0 Å². The van der Waals surface area contributed by atoms with Crippen LogP contribution in [0.1, 0.15) is 43.9 Å². The van der Waals surface area contributed by atoms with Crippen molar-refractivity contribution >= 4 is 17.7 Å². The van der Waals surface area contributed by atoms with Crippen LogP contribution < -0.4 is 5.73 Å². The summed E-state index contributed by atoms with van der Waals surface area (Å²) in [6.45, 7) is 6.79. The average molecular weight is 423 g/mol. The Kier molecular flexibility index (Phi) is 8.14. The fourth-order valence-corrected chi connectivity index (χ4v) is 3.99. The summed E-state index contributed by atoms with van der Waals surface area (Å²) in [6.07, 6.45) is 10.3. The first kappa shape index (κ1) is 22.9. The summed E-state index contributed by atoms with van der Waals surface area (Å²) in [5, 5.41) is 4.39. The summed E-state index contributed by atoms with van der Waals surface area (Å²) in [5.41, 5.74) is 8.71. The molecule has 2 heterocycles. The lowest BCUT2D eigenvalue weighted by atomic mass is 10.0. The molecule has 0 bridgehead atoms. The van der Waals surface area contributed by atoms with Crippen LogP contribution in [0.4, 0.5) is 0 Å². The third-order valence-electron chi connectivity index (χ3n) is 5.95. The van der Waals surface area contributed by atoms with Gasteiger partial charge in [0.1, 0.15) is 0 Å². The molecule has 166 valence electrons. The number of aliphatic imine (C=N–C) groups is 1. The summed E-state index contributed by atoms with van der Waals surface area (Å²) in [5.74, 6) is -0.0663. The maximum absolute atomic E-state index is 11.8. The summed E-state index contributed by atoms with van der Waals surface area (Å²) < 4.78 is 2.08. The zero-order valence-electron chi connectivity index (χ0n) is 18.8. The summed E-state index contributed by atoms with van der Waals surface area (Å²) in [7, 11) is 1.77. The van der Waals surface area contributed by atoms with E-state index in [-0.39, 0.29) is 18.6 Å². The number of nitrogens with zero attached hydrogens (tertiary/aromatic N) is 5. The lowest BCUT2D eigenvalue weighted by Crippen LogP contribution is -2.39. The van der Waals surface area contributed by atoms with Crippen LogP contribution in [0.2, 0.25) is 0 Å². The highest BCUT2D eigenvalue weighted by Crippen LogP contribution is 2.23. The molecule has 7 nitrogen and oxygen atoms in total. The van der Waals surface area contributed by atoms with E-state index in [1.165, 1.54) is 0 Å². The Morgan fingerprint density at radius 1 is 1.35 bits per heavy atom. The molecular formula is C24H34N6O. The van der Waals surface area contributed by atoms with Crippen LogP contribution in [0, 0.1) is 0 Å². The number of likely N-dealkylation sites (N-methyl/N-ethyl adjacent to an activating group) is 1. The SMILES string of the molecule is C/C=C(\C=N/C(C)N1CCC(n2cccn2)CC1)c1cccc(CN(C)C(=O)CN)c1. The second kappa shape index (κ2) is 11.0. The third-order valence-corrected chi connectivity index (χ3v) is 5.95. The lowest BCUT2D eigenvalue weighted by Gasteiger charge is -2.34. The van der Waals surface area contributed by atoms with Crippen LogP contribution in [-0.2, 0) is 11.3 Å². The van der Waals surface area contributed by atoms with Gasteiger partial charge < -0.3 is 10.6 Å². The molecular weight excluding hydrogens is 388 g/mol. The van der Waals surface area contributed by atoms with Crippen LogP contribution >= 0.6 is 0 Å². The quantitative estimate of drug-likeness (QED) is 0.664. The highest BCUT2D eigenvalue weighted by Gasteiger charge is 2.23. The van der Waals surface area contributed by atoms with Gasteiger partial charge >= 0.3 is 0 Å². The van der Waals surface area contributed by atoms with Crippen molar-refractivity contribution in [3.05, 3.63) is 59.9 Å². The molecule has 1 atom stereocenters. The van der Waals surface area contributed by atoms with Gasteiger partial charge in [-0.15, -0.1) is 0 Å². The molecule has 0 saturated carbocycles. The van der Waals surface area contributed by atoms with Crippen molar-refractivity contribution in [1.82, 2.24) is 19.6 Å². The molecule has 2 aromatic rings. The molecule has 0 spiro atoms. The number of hydrogen-bond acceptors (Lipinski definition) is 5. The molecule has 3 rings (SSSR count). The molecule has 0 aliphatic carbocycles. The summed E-state index contributed by atoms with van der Waals surface area (Å²) >= 11 is 0. The predicted molar refractivity (Wildman–Crippen MR) is 126 cm³/mol. The second-order valence-electron chi connectivity index (χ2n) is 8.06. The van der Waals surface area contributed by atoms with Crippen molar-refractivity contribution in [2.24, 2.45) is 10.7 Å². The van der Waals surface area contributed by atoms with Crippen LogP contribution in [0.25, 0.3) is 5.57 Å². The Bertz CT molecular complexity index is 897. The Morgan fingerprint density at radius 3 is 2.77 bits per heavy atom. The maximum Gasteiger partial charge on any atom is 0.236 e. The fraction of sp³-hybridized carbons (Fsp3) is 0.458. The maximum atomic E-state index is 11.8. The van der Waals surface area contributed by atoms with Gasteiger partial charge in [-0.2, -0.15) is 5.10 Å². The van der Waals surface area contributed by atoms with Crippen molar-refractivity contribution in [2.45, 2.75) is 45.4 Å². The molecule has 1 amide bonds. The molecule has 7 heteroatoms. The zero-order chi connectivity index (χ0) is 22.2. The van der Waals surface area contributed by atoms with E-state index in [1.807, 2.05) is 37.5 Å². The number of likely N-dealkylation sites (tertiary alicyclic amines) is 1. The first-order chi connectivity index (χ1) is 15.0. The van der Waals surface area contributed by atoms with Crippen molar-refractivity contribution in [2.75, 3.05) is 26.7 Å². The molecule has 1 aliphatic rings. The highest BCUT2D eigenvalue weighted by atomic mass is 16.2. The zero-order valence-corrected chi connectivity index (χ0v) is 18.8. The van der Waals surface area contributed by atoms with Gasteiger partial charge in [-0.1, -0.05) is 24.3 Å². The largest absolute Gasteiger partial charge is 0.340 e. The van der Waals surface area contributed by atoms with Crippen LogP contribution in [0.15, 0.2) is 53.8 Å². The number of piperidine rings is 1. The van der Waals surface area contributed by atoms with Gasteiger partial charge in [-0.25, -0.2) is 0 Å². The lowest BCUT2D eigenvalue weighted by molar-refractivity contribution is -0.128. The first-order valence-corrected chi connectivity index (χ1v) is 11.0. The summed E-state index contributed by atoms with van der Waals surface area (Å²) in [4.78, 5) is 20.7. The predicted octanol–water partition coefficient (Wildman–Crippen LogP) is 2.96. The minimum Gasteiger partial charge on any atom is -0.340 e. The number of amides is 1. The van der Waals surface area contributed by atoms with Gasteiger partial charge in [-0.3, -0.25) is 19.4 Å². The number of nitrogens with two attached hydrogens (primary N) is 1. The van der Waals surface area contributed by atoms with E-state index in [0.717, 1.165) is 42.6 Å². The van der Waals surface area contributed by atoms with Gasteiger partial charge in [0.05, 0.1) is 18.8 Å². The van der Waals surface area contributed by atoms with Crippen molar-refractivity contribution in [3.63, 3.8) is 0 Å². The van der Waals surface area contributed by atoms with E-state index in [2.05, 4.69) is 46.0 Å². The minimum atomic E-state index is -0.0663. The molecule has 1 aromatic carbocycles. The Balaban J connectivity index is 1.59. The molecule has 31 heavy (non-hydrogen) atoms. The van der Waals surface area contributed by atoms with E-state index in [0.29, 0.717) is 12.6 Å². The van der Waals surface area contributed by atoms with E-state index in [1.54, 1.807) is 11.9 Å². The van der Waals surface area contributed by atoms with Crippen molar-refractivity contribution < 1.29 is 4.79 Å². The monoisotopic (exact) mass is 422 g/mol. The van der Waals surface area contributed by atoms with E-state index < -0.39 is 0 Å². The standard InChI is InChI=1S/C24H34N6O/c1-4-21(22-8-5-7-20(15-22)18-28(3)24(31)16-25)17-26-19(2)29-13-9-23(10-14-29)30-12-6-11-27-30/h4-8,11-12,15,17,19,23H,9-10,13-14,16,18,25H2,1-3H3/b21-4+,26-17-. The molecule has 1 aromatic heterocycles. The second-order valence-corrected chi connectivity index (χ2v) is 8.06. The summed E-state index contributed by atoms with van der Waals surface area (Å²) in [6, 6.07) is 10.7. The van der Waals surface area contributed by atoms with E-state index in [4.69, 9.17) is 10.7 Å². The highest BCUT2D eigenvalue weighted by molar-refractivity contribution is 6.09. The normalized spacial score (nSPS) is 17.2. The van der Waals surface area contributed by atoms with E-state index in [9.17, 15) is 4.79 Å². The van der Waals surface area contributed by atoms with Crippen molar-refractivity contribution in [3.8, 4) is 0 Å². The van der Waals surface area contributed by atoms with Gasteiger partial charge in [0, 0.05) is 45.3 Å². The van der Waals surface area contributed by atoms with Crippen LogP contribution in [0.3, 0.4) is 0 Å². The number of aromatic nitrogens is 2. The third kappa shape index (κ3) is 6.12. The molecule has 1 saturated heterocycles.